The molecule has 0 aliphatic heterocycles. The van der Waals surface area contributed by atoms with Gasteiger partial charge in [-0.25, -0.2) is 0 Å². The Labute approximate surface area is 117 Å². The zero-order chi connectivity index (χ0) is 14.9. The van der Waals surface area contributed by atoms with E-state index < -0.39 is 4.92 Å². The molecule has 1 aliphatic carbocycles. The van der Waals surface area contributed by atoms with Crippen molar-refractivity contribution in [3.05, 3.63) is 33.9 Å². The standard InChI is InChI=1S/C14H19N3O3/c1-9(2)8-16(11-4-5-11)14(18)12-7-10(15)3-6-13(12)17(19)20/h3,6-7,9,11H,4-5,8,15H2,1-2H3. The van der Waals surface area contributed by atoms with Crippen molar-refractivity contribution in [1.82, 2.24) is 4.90 Å². The molecule has 0 saturated heterocycles. The summed E-state index contributed by atoms with van der Waals surface area (Å²) in [6, 6.07) is 4.35. The Morgan fingerprint density at radius 1 is 1.50 bits per heavy atom. The summed E-state index contributed by atoms with van der Waals surface area (Å²) >= 11 is 0. The summed E-state index contributed by atoms with van der Waals surface area (Å²) in [4.78, 5) is 24.9. The SMILES string of the molecule is CC(C)CN(C(=O)c1cc(N)ccc1[N+](=O)[O-])C1CC1. The van der Waals surface area contributed by atoms with Crippen molar-refractivity contribution in [1.29, 1.82) is 0 Å². The van der Waals surface area contributed by atoms with Crippen LogP contribution in [0.4, 0.5) is 11.4 Å². The monoisotopic (exact) mass is 277 g/mol. The maximum Gasteiger partial charge on any atom is 0.282 e. The Morgan fingerprint density at radius 2 is 2.15 bits per heavy atom. The number of hydrogen-bond acceptors (Lipinski definition) is 4. The number of nitro groups is 1. The Kier molecular flexibility index (Phi) is 3.92. The quantitative estimate of drug-likeness (QED) is 0.508. The minimum Gasteiger partial charge on any atom is -0.399 e. The van der Waals surface area contributed by atoms with Crippen LogP contribution in [0.5, 0.6) is 0 Å². The van der Waals surface area contributed by atoms with Gasteiger partial charge in [-0.2, -0.15) is 0 Å². The van der Waals surface area contributed by atoms with Crippen LogP contribution in [0.3, 0.4) is 0 Å². The third kappa shape index (κ3) is 3.07. The van der Waals surface area contributed by atoms with Gasteiger partial charge in [0, 0.05) is 24.3 Å². The van der Waals surface area contributed by atoms with Crippen LogP contribution < -0.4 is 5.73 Å². The molecule has 0 atom stereocenters. The van der Waals surface area contributed by atoms with Crippen LogP contribution in [-0.4, -0.2) is 28.3 Å². The fourth-order valence-corrected chi connectivity index (χ4v) is 2.22. The summed E-state index contributed by atoms with van der Waals surface area (Å²) in [5, 5.41) is 11.1. The van der Waals surface area contributed by atoms with Crippen LogP contribution in [0.2, 0.25) is 0 Å². The molecule has 1 saturated carbocycles. The highest BCUT2D eigenvalue weighted by molar-refractivity contribution is 5.99. The first-order valence-electron chi connectivity index (χ1n) is 6.75. The largest absolute Gasteiger partial charge is 0.399 e. The number of rotatable bonds is 5. The second-order valence-corrected chi connectivity index (χ2v) is 5.62. The average molecular weight is 277 g/mol. The number of nitrogens with two attached hydrogens (primary N) is 1. The molecule has 0 bridgehead atoms. The lowest BCUT2D eigenvalue weighted by atomic mass is 10.1. The molecular weight excluding hydrogens is 258 g/mol. The van der Waals surface area contributed by atoms with Crippen LogP contribution in [0, 0.1) is 16.0 Å². The molecule has 6 nitrogen and oxygen atoms in total. The maximum absolute atomic E-state index is 12.6. The van der Waals surface area contributed by atoms with Crippen molar-refractivity contribution in [2.45, 2.75) is 32.7 Å². The van der Waals surface area contributed by atoms with Crippen molar-refractivity contribution in [3.63, 3.8) is 0 Å². The number of carbonyl (C=O) groups excluding carboxylic acids is 1. The molecule has 0 heterocycles. The van der Waals surface area contributed by atoms with E-state index in [1.165, 1.54) is 18.2 Å². The minimum atomic E-state index is -0.535. The Hall–Kier alpha value is -2.11. The van der Waals surface area contributed by atoms with E-state index >= 15 is 0 Å². The van der Waals surface area contributed by atoms with E-state index in [0.29, 0.717) is 18.2 Å². The number of benzene rings is 1. The molecule has 0 unspecified atom stereocenters. The highest BCUT2D eigenvalue weighted by Gasteiger charge is 2.35. The van der Waals surface area contributed by atoms with Gasteiger partial charge >= 0.3 is 0 Å². The Balaban J connectivity index is 2.35. The third-order valence-electron chi connectivity index (χ3n) is 3.26. The number of hydrogen-bond donors (Lipinski definition) is 1. The maximum atomic E-state index is 12.6. The fraction of sp³-hybridized carbons (Fsp3) is 0.500. The molecule has 6 heteroatoms. The number of nitro benzene ring substituents is 1. The van der Waals surface area contributed by atoms with Crippen LogP contribution in [0.25, 0.3) is 0 Å². The molecule has 0 spiro atoms. The first-order valence-corrected chi connectivity index (χ1v) is 6.75. The summed E-state index contributed by atoms with van der Waals surface area (Å²) in [5.41, 5.74) is 5.93. The van der Waals surface area contributed by atoms with Crippen molar-refractivity contribution in [3.8, 4) is 0 Å². The predicted molar refractivity (Wildman–Crippen MR) is 76.4 cm³/mol. The smallest absolute Gasteiger partial charge is 0.282 e. The van der Waals surface area contributed by atoms with E-state index in [1.54, 1.807) is 4.90 Å². The van der Waals surface area contributed by atoms with E-state index in [-0.39, 0.29) is 23.2 Å². The first kappa shape index (κ1) is 14.3. The Bertz CT molecular complexity index is 538. The normalized spacial score (nSPS) is 14.3. The summed E-state index contributed by atoms with van der Waals surface area (Å²) in [6.45, 7) is 4.66. The zero-order valence-corrected chi connectivity index (χ0v) is 11.7. The summed E-state index contributed by atoms with van der Waals surface area (Å²) in [7, 11) is 0. The number of amides is 1. The van der Waals surface area contributed by atoms with Crippen LogP contribution in [0.1, 0.15) is 37.0 Å². The van der Waals surface area contributed by atoms with Crippen molar-refractivity contribution < 1.29 is 9.72 Å². The van der Waals surface area contributed by atoms with Gasteiger partial charge in [0.2, 0.25) is 0 Å². The Morgan fingerprint density at radius 3 is 2.65 bits per heavy atom. The third-order valence-corrected chi connectivity index (χ3v) is 3.26. The molecule has 2 N–H and O–H groups in total. The van der Waals surface area contributed by atoms with Gasteiger partial charge in [-0.15, -0.1) is 0 Å². The van der Waals surface area contributed by atoms with Crippen molar-refractivity contribution in [2.24, 2.45) is 5.92 Å². The van der Waals surface area contributed by atoms with Gasteiger partial charge in [0.1, 0.15) is 5.56 Å². The number of carbonyl (C=O) groups is 1. The van der Waals surface area contributed by atoms with Crippen LogP contribution in [0.15, 0.2) is 18.2 Å². The van der Waals surface area contributed by atoms with Crippen LogP contribution >= 0.6 is 0 Å². The van der Waals surface area contributed by atoms with E-state index in [9.17, 15) is 14.9 Å². The van der Waals surface area contributed by atoms with Crippen LogP contribution in [-0.2, 0) is 0 Å². The average Bonchev–Trinajstić information content (AvgIpc) is 3.18. The second kappa shape index (κ2) is 5.48. The highest BCUT2D eigenvalue weighted by atomic mass is 16.6. The molecular formula is C14H19N3O3. The summed E-state index contributed by atoms with van der Waals surface area (Å²) in [5.74, 6) is 0.0277. The van der Waals surface area contributed by atoms with Gasteiger partial charge in [-0.1, -0.05) is 13.8 Å². The molecule has 1 amide bonds. The molecule has 1 aliphatic rings. The summed E-state index contributed by atoms with van der Waals surface area (Å²) < 4.78 is 0. The van der Waals surface area contributed by atoms with E-state index in [2.05, 4.69) is 0 Å². The van der Waals surface area contributed by atoms with Gasteiger partial charge in [-0.3, -0.25) is 14.9 Å². The predicted octanol–water partition coefficient (Wildman–Crippen LogP) is 2.44. The molecule has 1 aromatic rings. The van der Waals surface area contributed by atoms with Gasteiger partial charge in [0.15, 0.2) is 0 Å². The lowest BCUT2D eigenvalue weighted by Crippen LogP contribution is -2.36. The molecule has 1 aromatic carbocycles. The molecule has 2 rings (SSSR count). The number of nitrogen functional groups attached to an aromatic ring is 1. The van der Waals surface area contributed by atoms with Gasteiger partial charge in [0.05, 0.1) is 4.92 Å². The lowest BCUT2D eigenvalue weighted by molar-refractivity contribution is -0.385. The molecule has 0 radical (unpaired) electrons. The van der Waals surface area contributed by atoms with Gasteiger partial charge in [0.25, 0.3) is 11.6 Å². The second-order valence-electron chi connectivity index (χ2n) is 5.62. The lowest BCUT2D eigenvalue weighted by Gasteiger charge is -2.24. The number of nitrogens with zero attached hydrogens (tertiary/aromatic N) is 2. The molecule has 20 heavy (non-hydrogen) atoms. The number of anilines is 1. The molecule has 108 valence electrons. The summed E-state index contributed by atoms with van der Waals surface area (Å²) in [6.07, 6.45) is 1.93. The van der Waals surface area contributed by atoms with Crippen molar-refractivity contribution in [2.75, 3.05) is 12.3 Å². The topological polar surface area (TPSA) is 89.5 Å². The van der Waals surface area contributed by atoms with Gasteiger partial charge < -0.3 is 10.6 Å². The molecule has 0 aromatic heterocycles. The van der Waals surface area contributed by atoms with E-state index in [1.807, 2.05) is 13.8 Å². The zero-order valence-electron chi connectivity index (χ0n) is 11.7. The van der Waals surface area contributed by atoms with Gasteiger partial charge in [-0.05, 0) is 30.9 Å². The highest BCUT2D eigenvalue weighted by Crippen LogP contribution is 2.31. The fourth-order valence-electron chi connectivity index (χ4n) is 2.22. The minimum absolute atomic E-state index is 0.0857. The van der Waals surface area contributed by atoms with E-state index in [4.69, 9.17) is 5.73 Å². The van der Waals surface area contributed by atoms with E-state index in [0.717, 1.165) is 12.8 Å². The van der Waals surface area contributed by atoms with Crippen molar-refractivity contribution >= 4 is 17.3 Å². The molecule has 1 fully saturated rings. The first-order chi connectivity index (χ1) is 9.40.